The van der Waals surface area contributed by atoms with E-state index in [-0.39, 0.29) is 5.91 Å². The Morgan fingerprint density at radius 3 is 2.62 bits per heavy atom. The second-order valence-corrected chi connectivity index (χ2v) is 6.77. The van der Waals surface area contributed by atoms with Gasteiger partial charge < -0.3 is 5.32 Å². The van der Waals surface area contributed by atoms with Crippen LogP contribution in [-0.4, -0.2) is 20.7 Å². The Bertz CT molecular complexity index is 899. The highest BCUT2D eigenvalue weighted by Crippen LogP contribution is 2.41. The third-order valence-corrected chi connectivity index (χ3v) is 4.76. The van der Waals surface area contributed by atoms with Gasteiger partial charge in [-0.2, -0.15) is 5.10 Å². The lowest BCUT2D eigenvalue weighted by atomic mass is 10.1. The third kappa shape index (κ3) is 3.52. The average molecular weight is 346 g/mol. The van der Waals surface area contributed by atoms with Crippen molar-refractivity contribution < 1.29 is 4.79 Å². The monoisotopic (exact) mass is 346 g/mol. The van der Waals surface area contributed by atoms with Gasteiger partial charge in [0.25, 0.3) is 5.91 Å². The zero-order valence-electron chi connectivity index (χ0n) is 14.9. The maximum atomic E-state index is 12.9. The van der Waals surface area contributed by atoms with Gasteiger partial charge >= 0.3 is 0 Å². The summed E-state index contributed by atoms with van der Waals surface area (Å²) >= 11 is 0. The fraction of sp³-hybridized carbons (Fsp3) is 0.286. The first-order valence-corrected chi connectivity index (χ1v) is 9.01. The smallest absolute Gasteiger partial charge is 0.255 e. The Balaban J connectivity index is 1.57. The predicted molar refractivity (Wildman–Crippen MR) is 99.9 cm³/mol. The molecule has 1 fully saturated rings. The van der Waals surface area contributed by atoms with Crippen molar-refractivity contribution in [3.63, 3.8) is 0 Å². The summed E-state index contributed by atoms with van der Waals surface area (Å²) in [5, 5.41) is 7.78. The number of carbonyl (C=O) groups excluding carboxylic acids is 1. The first kappa shape index (κ1) is 16.5. The number of nitrogens with zero attached hydrogens (tertiary/aromatic N) is 3. The van der Waals surface area contributed by atoms with Crippen molar-refractivity contribution in [2.45, 2.75) is 38.8 Å². The molecule has 0 unspecified atom stereocenters. The first-order valence-electron chi connectivity index (χ1n) is 9.01. The summed E-state index contributed by atoms with van der Waals surface area (Å²) in [5.41, 5.74) is 4.63. The molecule has 2 heterocycles. The molecule has 0 radical (unpaired) electrons. The Kier molecular flexibility index (Phi) is 4.52. The van der Waals surface area contributed by atoms with E-state index in [0.717, 1.165) is 35.5 Å². The van der Waals surface area contributed by atoms with E-state index in [9.17, 15) is 4.79 Å². The minimum Gasteiger partial charge on any atom is -0.346 e. The second kappa shape index (κ2) is 7.12. The maximum absolute atomic E-state index is 12.9. The average Bonchev–Trinajstić information content (AvgIpc) is 3.47. The molecule has 1 aromatic carbocycles. The van der Waals surface area contributed by atoms with Crippen LogP contribution in [0.1, 0.15) is 51.8 Å². The van der Waals surface area contributed by atoms with Crippen LogP contribution in [0.5, 0.6) is 0 Å². The Labute approximate surface area is 153 Å². The van der Waals surface area contributed by atoms with Crippen LogP contribution in [-0.2, 0) is 13.1 Å². The molecule has 1 N–H and O–H groups in total. The summed E-state index contributed by atoms with van der Waals surface area (Å²) in [7, 11) is 0. The molecule has 26 heavy (non-hydrogen) atoms. The van der Waals surface area contributed by atoms with Crippen LogP contribution in [0.3, 0.4) is 0 Å². The largest absolute Gasteiger partial charge is 0.346 e. The van der Waals surface area contributed by atoms with Gasteiger partial charge in [0.1, 0.15) is 0 Å². The lowest BCUT2D eigenvalue weighted by molar-refractivity contribution is 0.0948. The number of benzene rings is 1. The normalized spacial score (nSPS) is 13.6. The highest BCUT2D eigenvalue weighted by atomic mass is 16.1. The van der Waals surface area contributed by atoms with Gasteiger partial charge in [-0.25, -0.2) is 0 Å². The minimum absolute atomic E-state index is 0.0608. The standard InChI is InChI=1S/C21H22N4O/c1-15-19(21(26)23-13-18-9-5-6-12-22-18)20(17-10-11-17)24-25(15)14-16-7-3-2-4-8-16/h2-9,12,17H,10-11,13-14H2,1H3,(H,23,26). The molecule has 0 saturated heterocycles. The number of aromatic nitrogens is 3. The number of amides is 1. The van der Waals surface area contributed by atoms with E-state index in [1.54, 1.807) is 6.20 Å². The molecule has 1 aliphatic carbocycles. The molecule has 2 aromatic heterocycles. The van der Waals surface area contributed by atoms with Crippen molar-refractivity contribution >= 4 is 5.91 Å². The first-order chi connectivity index (χ1) is 12.7. The number of hydrogen-bond acceptors (Lipinski definition) is 3. The molecule has 1 saturated carbocycles. The van der Waals surface area contributed by atoms with Gasteiger partial charge in [0, 0.05) is 17.8 Å². The quantitative estimate of drug-likeness (QED) is 0.744. The molecule has 0 bridgehead atoms. The lowest BCUT2D eigenvalue weighted by Gasteiger charge is -2.07. The Morgan fingerprint density at radius 1 is 1.15 bits per heavy atom. The van der Waals surface area contributed by atoms with Crippen molar-refractivity contribution in [1.29, 1.82) is 0 Å². The second-order valence-electron chi connectivity index (χ2n) is 6.77. The van der Waals surface area contributed by atoms with E-state index in [1.807, 2.05) is 48.0 Å². The van der Waals surface area contributed by atoms with E-state index in [2.05, 4.69) is 22.4 Å². The number of nitrogens with one attached hydrogen (secondary N) is 1. The molecule has 0 atom stereocenters. The van der Waals surface area contributed by atoms with E-state index in [4.69, 9.17) is 5.10 Å². The molecular formula is C21H22N4O. The number of carbonyl (C=O) groups is 1. The zero-order chi connectivity index (χ0) is 17.9. The maximum Gasteiger partial charge on any atom is 0.255 e. The van der Waals surface area contributed by atoms with Crippen LogP contribution >= 0.6 is 0 Å². The molecule has 5 heteroatoms. The molecule has 1 amide bonds. The van der Waals surface area contributed by atoms with Crippen LogP contribution < -0.4 is 5.32 Å². The number of rotatable bonds is 6. The van der Waals surface area contributed by atoms with E-state index in [1.165, 1.54) is 5.56 Å². The highest BCUT2D eigenvalue weighted by molar-refractivity contribution is 5.96. The van der Waals surface area contributed by atoms with E-state index >= 15 is 0 Å². The molecule has 0 aliphatic heterocycles. The van der Waals surface area contributed by atoms with Crippen LogP contribution in [0.2, 0.25) is 0 Å². The van der Waals surface area contributed by atoms with Crippen molar-refractivity contribution in [1.82, 2.24) is 20.1 Å². The molecule has 1 aliphatic rings. The summed E-state index contributed by atoms with van der Waals surface area (Å²) in [4.78, 5) is 17.1. The predicted octanol–water partition coefficient (Wildman–Crippen LogP) is 3.44. The van der Waals surface area contributed by atoms with Gasteiger partial charge in [0.2, 0.25) is 0 Å². The molecule has 4 rings (SSSR count). The molecule has 0 spiro atoms. The molecular weight excluding hydrogens is 324 g/mol. The highest BCUT2D eigenvalue weighted by Gasteiger charge is 2.33. The molecule has 132 valence electrons. The van der Waals surface area contributed by atoms with Crippen molar-refractivity contribution in [3.8, 4) is 0 Å². The summed E-state index contributed by atoms with van der Waals surface area (Å²) < 4.78 is 1.96. The van der Waals surface area contributed by atoms with Gasteiger partial charge in [-0.05, 0) is 37.5 Å². The van der Waals surface area contributed by atoms with Crippen LogP contribution in [0, 0.1) is 6.92 Å². The molecule has 5 nitrogen and oxygen atoms in total. The van der Waals surface area contributed by atoms with Gasteiger partial charge in [-0.15, -0.1) is 0 Å². The lowest BCUT2D eigenvalue weighted by Crippen LogP contribution is -2.24. The number of hydrogen-bond donors (Lipinski definition) is 1. The van der Waals surface area contributed by atoms with Crippen molar-refractivity contribution in [2.24, 2.45) is 0 Å². The van der Waals surface area contributed by atoms with Gasteiger partial charge in [-0.1, -0.05) is 36.4 Å². The van der Waals surface area contributed by atoms with Crippen LogP contribution in [0.25, 0.3) is 0 Å². The summed E-state index contributed by atoms with van der Waals surface area (Å²) in [6.45, 7) is 3.09. The van der Waals surface area contributed by atoms with Crippen molar-refractivity contribution in [3.05, 3.63) is 82.9 Å². The minimum atomic E-state index is -0.0608. The van der Waals surface area contributed by atoms with E-state index in [0.29, 0.717) is 19.0 Å². The topological polar surface area (TPSA) is 59.8 Å². The number of pyridine rings is 1. The fourth-order valence-electron chi connectivity index (χ4n) is 3.16. The van der Waals surface area contributed by atoms with Crippen molar-refractivity contribution in [2.75, 3.05) is 0 Å². The summed E-state index contributed by atoms with van der Waals surface area (Å²) in [6.07, 6.45) is 3.96. The molecule has 3 aromatic rings. The van der Waals surface area contributed by atoms with Gasteiger partial charge in [0.15, 0.2) is 0 Å². The Morgan fingerprint density at radius 2 is 1.92 bits per heavy atom. The zero-order valence-corrected chi connectivity index (χ0v) is 14.9. The van der Waals surface area contributed by atoms with Crippen LogP contribution in [0.15, 0.2) is 54.7 Å². The van der Waals surface area contributed by atoms with Gasteiger partial charge in [0.05, 0.1) is 30.0 Å². The third-order valence-electron chi connectivity index (χ3n) is 4.76. The summed E-state index contributed by atoms with van der Waals surface area (Å²) in [6, 6.07) is 15.9. The SMILES string of the molecule is Cc1c(C(=O)NCc2ccccn2)c(C2CC2)nn1Cc1ccccc1. The van der Waals surface area contributed by atoms with Crippen LogP contribution in [0.4, 0.5) is 0 Å². The fourth-order valence-corrected chi connectivity index (χ4v) is 3.16. The van der Waals surface area contributed by atoms with Gasteiger partial charge in [-0.3, -0.25) is 14.5 Å². The Hall–Kier alpha value is -2.95. The summed E-state index contributed by atoms with van der Waals surface area (Å²) in [5.74, 6) is 0.357. The van der Waals surface area contributed by atoms with E-state index < -0.39 is 0 Å².